The highest BCUT2D eigenvalue weighted by molar-refractivity contribution is 7.98. The molecule has 2 heterocycles. The Labute approximate surface area is 138 Å². The highest BCUT2D eigenvalue weighted by Gasteiger charge is 2.16. The van der Waals surface area contributed by atoms with Gasteiger partial charge in [0.05, 0.1) is 17.9 Å². The number of aromatic nitrogens is 1. The SMILES string of the molecule is CCOC(=O)c1ccc(CSc2ncccc2C(=O)N(C)C)o1. The van der Waals surface area contributed by atoms with Crippen molar-refractivity contribution >= 4 is 23.6 Å². The summed E-state index contributed by atoms with van der Waals surface area (Å²) in [7, 11) is 3.39. The van der Waals surface area contributed by atoms with E-state index in [-0.39, 0.29) is 11.7 Å². The lowest BCUT2D eigenvalue weighted by Gasteiger charge is -2.12. The van der Waals surface area contributed by atoms with Crippen molar-refractivity contribution in [3.05, 3.63) is 47.5 Å². The first-order valence-electron chi connectivity index (χ1n) is 7.08. The van der Waals surface area contributed by atoms with E-state index in [1.54, 1.807) is 51.5 Å². The second kappa shape index (κ2) is 7.82. The molecular formula is C16H18N2O4S. The Bertz CT molecular complexity index is 697. The number of hydrogen-bond donors (Lipinski definition) is 0. The molecule has 23 heavy (non-hydrogen) atoms. The number of nitrogens with zero attached hydrogens (tertiary/aromatic N) is 2. The topological polar surface area (TPSA) is 72.6 Å². The Kier molecular flexibility index (Phi) is 5.81. The van der Waals surface area contributed by atoms with Crippen LogP contribution in [0.3, 0.4) is 0 Å². The van der Waals surface area contributed by atoms with Crippen molar-refractivity contribution in [2.75, 3.05) is 20.7 Å². The van der Waals surface area contributed by atoms with Gasteiger partial charge in [-0.15, -0.1) is 0 Å². The molecule has 0 saturated heterocycles. The predicted octanol–water partition coefficient (Wildman–Crippen LogP) is 2.85. The molecule has 0 aliphatic carbocycles. The maximum Gasteiger partial charge on any atom is 0.374 e. The molecule has 0 saturated carbocycles. The van der Waals surface area contributed by atoms with Gasteiger partial charge >= 0.3 is 5.97 Å². The van der Waals surface area contributed by atoms with Gasteiger partial charge in [-0.05, 0) is 31.2 Å². The molecule has 0 aliphatic rings. The number of hydrogen-bond acceptors (Lipinski definition) is 6. The third-order valence-electron chi connectivity index (χ3n) is 2.90. The van der Waals surface area contributed by atoms with Gasteiger partial charge in [0.1, 0.15) is 10.8 Å². The van der Waals surface area contributed by atoms with Gasteiger partial charge in [0.15, 0.2) is 0 Å². The molecule has 0 unspecified atom stereocenters. The number of rotatable bonds is 6. The van der Waals surface area contributed by atoms with E-state index in [0.29, 0.717) is 28.7 Å². The summed E-state index contributed by atoms with van der Waals surface area (Å²) in [6.45, 7) is 2.04. The van der Waals surface area contributed by atoms with Crippen LogP contribution >= 0.6 is 11.8 Å². The molecule has 0 bridgehead atoms. The first-order valence-corrected chi connectivity index (χ1v) is 8.06. The lowest BCUT2D eigenvalue weighted by molar-refractivity contribution is 0.0488. The zero-order chi connectivity index (χ0) is 16.8. The van der Waals surface area contributed by atoms with Crippen molar-refractivity contribution in [1.29, 1.82) is 0 Å². The van der Waals surface area contributed by atoms with E-state index in [1.807, 2.05) is 0 Å². The van der Waals surface area contributed by atoms with Crippen LogP contribution in [0.1, 0.15) is 33.6 Å². The van der Waals surface area contributed by atoms with Crippen LogP contribution in [0.4, 0.5) is 0 Å². The summed E-state index contributed by atoms with van der Waals surface area (Å²) in [6.07, 6.45) is 1.64. The van der Waals surface area contributed by atoms with Crippen molar-refractivity contribution in [3.63, 3.8) is 0 Å². The molecule has 7 heteroatoms. The van der Waals surface area contributed by atoms with E-state index < -0.39 is 5.97 Å². The number of furan rings is 1. The van der Waals surface area contributed by atoms with Crippen molar-refractivity contribution in [3.8, 4) is 0 Å². The summed E-state index contributed by atoms with van der Waals surface area (Å²) < 4.78 is 10.3. The van der Waals surface area contributed by atoms with Crippen LogP contribution in [-0.2, 0) is 10.5 Å². The number of ether oxygens (including phenoxy) is 1. The Hall–Kier alpha value is -2.28. The molecule has 1 amide bonds. The molecule has 122 valence electrons. The first kappa shape index (κ1) is 17.1. The highest BCUT2D eigenvalue weighted by Crippen LogP contribution is 2.25. The van der Waals surface area contributed by atoms with E-state index >= 15 is 0 Å². The Morgan fingerprint density at radius 3 is 2.78 bits per heavy atom. The maximum absolute atomic E-state index is 12.1. The minimum atomic E-state index is -0.481. The van der Waals surface area contributed by atoms with E-state index in [0.717, 1.165) is 0 Å². The number of carbonyl (C=O) groups is 2. The van der Waals surface area contributed by atoms with Crippen molar-refractivity contribution in [2.45, 2.75) is 17.7 Å². The van der Waals surface area contributed by atoms with Gasteiger partial charge < -0.3 is 14.1 Å². The van der Waals surface area contributed by atoms with E-state index in [9.17, 15) is 9.59 Å². The number of esters is 1. The minimum Gasteiger partial charge on any atom is -0.460 e. The molecule has 2 aromatic heterocycles. The van der Waals surface area contributed by atoms with E-state index in [2.05, 4.69) is 4.98 Å². The van der Waals surface area contributed by atoms with Crippen LogP contribution in [0.5, 0.6) is 0 Å². The number of amides is 1. The predicted molar refractivity (Wildman–Crippen MR) is 86.5 cm³/mol. The molecule has 0 atom stereocenters. The van der Waals surface area contributed by atoms with Gasteiger partial charge in [-0.2, -0.15) is 0 Å². The van der Waals surface area contributed by atoms with Gasteiger partial charge in [0.25, 0.3) is 5.91 Å². The monoisotopic (exact) mass is 334 g/mol. The second-order valence-corrected chi connectivity index (χ2v) is 5.79. The van der Waals surface area contributed by atoms with Gasteiger partial charge in [-0.25, -0.2) is 9.78 Å². The van der Waals surface area contributed by atoms with Gasteiger partial charge in [0.2, 0.25) is 5.76 Å². The second-order valence-electron chi connectivity index (χ2n) is 4.83. The molecule has 0 aliphatic heterocycles. The normalized spacial score (nSPS) is 10.4. The average Bonchev–Trinajstić information content (AvgIpc) is 3.01. The van der Waals surface area contributed by atoms with Crippen molar-refractivity contribution in [1.82, 2.24) is 9.88 Å². The van der Waals surface area contributed by atoms with Crippen LogP contribution in [0.25, 0.3) is 0 Å². The Balaban J connectivity index is 2.07. The smallest absolute Gasteiger partial charge is 0.374 e. The molecule has 2 aromatic rings. The van der Waals surface area contributed by atoms with Gasteiger partial charge in [-0.3, -0.25) is 4.79 Å². The Morgan fingerprint density at radius 1 is 1.30 bits per heavy atom. The van der Waals surface area contributed by atoms with Crippen molar-refractivity contribution in [2.24, 2.45) is 0 Å². The minimum absolute atomic E-state index is 0.104. The Morgan fingerprint density at radius 2 is 2.09 bits per heavy atom. The van der Waals surface area contributed by atoms with E-state index in [4.69, 9.17) is 9.15 Å². The average molecular weight is 334 g/mol. The standard InChI is InChI=1S/C16H18N2O4S/c1-4-21-16(20)13-8-7-11(22-13)10-23-14-12(6-5-9-17-14)15(19)18(2)3/h5-9H,4,10H2,1-3H3. The van der Waals surface area contributed by atoms with Gasteiger partial charge in [0, 0.05) is 20.3 Å². The zero-order valence-corrected chi connectivity index (χ0v) is 14.1. The highest BCUT2D eigenvalue weighted by atomic mass is 32.2. The molecule has 0 radical (unpaired) electrons. The summed E-state index contributed by atoms with van der Waals surface area (Å²) >= 11 is 1.38. The fourth-order valence-corrected chi connectivity index (χ4v) is 2.70. The molecule has 0 spiro atoms. The zero-order valence-electron chi connectivity index (χ0n) is 13.2. The van der Waals surface area contributed by atoms with Gasteiger partial charge in [-0.1, -0.05) is 11.8 Å². The summed E-state index contributed by atoms with van der Waals surface area (Å²) in [5.41, 5.74) is 0.541. The number of pyridine rings is 1. The number of carbonyl (C=O) groups excluding carboxylic acids is 2. The fraction of sp³-hybridized carbons (Fsp3) is 0.312. The maximum atomic E-state index is 12.1. The van der Waals surface area contributed by atoms with Crippen LogP contribution in [0, 0.1) is 0 Å². The van der Waals surface area contributed by atoms with Crippen LogP contribution < -0.4 is 0 Å². The largest absolute Gasteiger partial charge is 0.460 e. The lowest BCUT2D eigenvalue weighted by Crippen LogP contribution is -2.22. The summed E-state index contributed by atoms with van der Waals surface area (Å²) in [6, 6.07) is 6.77. The molecule has 0 N–H and O–H groups in total. The fourth-order valence-electron chi connectivity index (χ4n) is 1.82. The summed E-state index contributed by atoms with van der Waals surface area (Å²) in [4.78, 5) is 29.5. The van der Waals surface area contributed by atoms with Crippen LogP contribution in [-0.4, -0.2) is 42.5 Å². The third-order valence-corrected chi connectivity index (χ3v) is 3.92. The van der Waals surface area contributed by atoms with Crippen LogP contribution in [0.2, 0.25) is 0 Å². The summed E-state index contributed by atoms with van der Waals surface area (Å²) in [5.74, 6) is 0.668. The van der Waals surface area contributed by atoms with Crippen LogP contribution in [0.15, 0.2) is 39.9 Å². The molecule has 2 rings (SSSR count). The lowest BCUT2D eigenvalue weighted by atomic mass is 10.2. The molecule has 0 aromatic carbocycles. The summed E-state index contributed by atoms with van der Waals surface area (Å²) in [5, 5.41) is 0.625. The first-order chi connectivity index (χ1) is 11.0. The molecular weight excluding hydrogens is 316 g/mol. The third kappa shape index (κ3) is 4.35. The quantitative estimate of drug-likeness (QED) is 0.597. The molecule has 6 nitrogen and oxygen atoms in total. The number of thioether (sulfide) groups is 1. The van der Waals surface area contributed by atoms with E-state index in [1.165, 1.54) is 16.7 Å². The van der Waals surface area contributed by atoms with Crippen molar-refractivity contribution < 1.29 is 18.7 Å². The molecule has 0 fully saturated rings.